The number of fused-ring (bicyclic) bond motifs is 1. The average Bonchev–Trinajstić information content (AvgIpc) is 3.31. The third-order valence-corrected chi connectivity index (χ3v) is 5.18. The highest BCUT2D eigenvalue weighted by Crippen LogP contribution is 2.29. The van der Waals surface area contributed by atoms with Gasteiger partial charge in [-0.15, -0.1) is 0 Å². The lowest BCUT2D eigenvalue weighted by atomic mass is 9.97. The molecule has 0 bridgehead atoms. The smallest absolute Gasteiger partial charge is 0.229 e. The summed E-state index contributed by atoms with van der Waals surface area (Å²) in [4.78, 5) is 31.4. The van der Waals surface area contributed by atoms with Crippen LogP contribution in [0.4, 0.5) is 11.4 Å². The second-order valence-electron chi connectivity index (χ2n) is 8.54. The first-order valence-corrected chi connectivity index (χ1v) is 9.91. The minimum absolute atomic E-state index is 0.0675. The average molecular weight is 407 g/mol. The fraction of sp³-hybridized carbons (Fsp3) is 0.348. The summed E-state index contributed by atoms with van der Waals surface area (Å²) in [6.07, 6.45) is 0.179. The van der Waals surface area contributed by atoms with Crippen LogP contribution >= 0.6 is 0 Å². The second-order valence-corrected chi connectivity index (χ2v) is 8.54. The van der Waals surface area contributed by atoms with Crippen molar-refractivity contribution in [2.24, 2.45) is 5.92 Å². The molecule has 30 heavy (non-hydrogen) atoms. The number of aromatic nitrogens is 1. The molecule has 1 saturated heterocycles. The molecule has 1 atom stereocenters. The van der Waals surface area contributed by atoms with Gasteiger partial charge < -0.3 is 19.4 Å². The lowest BCUT2D eigenvalue weighted by Crippen LogP contribution is -2.28. The number of hydrogen-bond donors (Lipinski definition) is 1. The third-order valence-electron chi connectivity index (χ3n) is 5.18. The Balaban J connectivity index is 1.46. The number of nitrogens with one attached hydrogen (secondary N) is 1. The summed E-state index contributed by atoms with van der Waals surface area (Å²) in [7, 11) is 1.59. The van der Waals surface area contributed by atoms with E-state index in [1.165, 1.54) is 0 Å². The fourth-order valence-corrected chi connectivity index (χ4v) is 3.47. The first kappa shape index (κ1) is 19.9. The highest BCUT2D eigenvalue weighted by atomic mass is 16.5. The van der Waals surface area contributed by atoms with E-state index in [-0.39, 0.29) is 23.7 Å². The molecule has 1 unspecified atom stereocenters. The van der Waals surface area contributed by atoms with E-state index in [0.717, 1.165) is 11.4 Å². The van der Waals surface area contributed by atoms with Crippen LogP contribution in [0.5, 0.6) is 5.75 Å². The molecule has 0 saturated carbocycles. The fourth-order valence-electron chi connectivity index (χ4n) is 3.47. The quantitative estimate of drug-likeness (QED) is 0.703. The van der Waals surface area contributed by atoms with Crippen LogP contribution in [-0.2, 0) is 15.0 Å². The van der Waals surface area contributed by atoms with Gasteiger partial charge in [-0.2, -0.15) is 0 Å². The number of benzene rings is 2. The molecule has 1 aliphatic heterocycles. The number of hydrogen-bond acceptors (Lipinski definition) is 5. The molecule has 2 heterocycles. The lowest BCUT2D eigenvalue weighted by molar-refractivity contribution is -0.122. The van der Waals surface area contributed by atoms with Crippen molar-refractivity contribution in [3.05, 3.63) is 48.4 Å². The largest absolute Gasteiger partial charge is 0.497 e. The molecule has 2 aromatic carbocycles. The van der Waals surface area contributed by atoms with Crippen LogP contribution < -0.4 is 15.0 Å². The van der Waals surface area contributed by atoms with Crippen LogP contribution in [0.25, 0.3) is 11.1 Å². The van der Waals surface area contributed by atoms with Gasteiger partial charge in [0, 0.05) is 29.8 Å². The topological polar surface area (TPSA) is 84.7 Å². The first-order valence-electron chi connectivity index (χ1n) is 9.91. The summed E-state index contributed by atoms with van der Waals surface area (Å²) < 4.78 is 11.0. The summed E-state index contributed by atoms with van der Waals surface area (Å²) in [6.45, 7) is 6.45. The van der Waals surface area contributed by atoms with Crippen molar-refractivity contribution in [1.29, 1.82) is 0 Å². The molecule has 0 aliphatic carbocycles. The zero-order valence-corrected chi connectivity index (χ0v) is 17.6. The van der Waals surface area contributed by atoms with E-state index in [9.17, 15) is 9.59 Å². The Hall–Kier alpha value is -3.35. The Labute approximate surface area is 175 Å². The zero-order chi connectivity index (χ0) is 21.5. The van der Waals surface area contributed by atoms with Gasteiger partial charge in [0.1, 0.15) is 11.3 Å². The van der Waals surface area contributed by atoms with Crippen molar-refractivity contribution >= 4 is 34.3 Å². The summed E-state index contributed by atoms with van der Waals surface area (Å²) >= 11 is 0. The Morgan fingerprint density at radius 3 is 2.60 bits per heavy atom. The van der Waals surface area contributed by atoms with Crippen LogP contribution in [0.1, 0.15) is 33.1 Å². The van der Waals surface area contributed by atoms with Crippen LogP contribution in [-0.4, -0.2) is 30.5 Å². The molecule has 156 valence electrons. The molecule has 1 fully saturated rings. The maximum absolute atomic E-state index is 12.8. The molecule has 1 N–H and O–H groups in total. The van der Waals surface area contributed by atoms with E-state index in [1.54, 1.807) is 42.3 Å². The Morgan fingerprint density at radius 1 is 1.20 bits per heavy atom. The normalized spacial score (nSPS) is 16.9. The molecule has 0 radical (unpaired) electrons. The number of carbonyl (C=O) groups excluding carboxylic acids is 2. The number of amides is 2. The lowest BCUT2D eigenvalue weighted by Gasteiger charge is -2.17. The maximum atomic E-state index is 12.8. The van der Waals surface area contributed by atoms with Gasteiger partial charge >= 0.3 is 0 Å². The number of rotatable bonds is 4. The van der Waals surface area contributed by atoms with Gasteiger partial charge in [0.2, 0.25) is 17.7 Å². The molecule has 3 aromatic rings. The van der Waals surface area contributed by atoms with Crippen molar-refractivity contribution in [3.63, 3.8) is 0 Å². The van der Waals surface area contributed by atoms with Gasteiger partial charge in [0.15, 0.2) is 5.58 Å². The van der Waals surface area contributed by atoms with E-state index in [2.05, 4.69) is 10.3 Å². The van der Waals surface area contributed by atoms with E-state index in [0.29, 0.717) is 29.2 Å². The Morgan fingerprint density at radius 2 is 1.93 bits per heavy atom. The predicted molar refractivity (Wildman–Crippen MR) is 115 cm³/mol. The summed E-state index contributed by atoms with van der Waals surface area (Å²) in [5, 5.41) is 2.92. The second kappa shape index (κ2) is 7.48. The van der Waals surface area contributed by atoms with E-state index in [1.807, 2.05) is 32.9 Å². The summed E-state index contributed by atoms with van der Waals surface area (Å²) in [6, 6.07) is 12.6. The van der Waals surface area contributed by atoms with Crippen molar-refractivity contribution in [1.82, 2.24) is 4.98 Å². The minimum Gasteiger partial charge on any atom is -0.497 e. The number of anilines is 2. The third kappa shape index (κ3) is 3.87. The highest BCUT2D eigenvalue weighted by molar-refractivity contribution is 6.03. The Kier molecular flexibility index (Phi) is 4.97. The van der Waals surface area contributed by atoms with Gasteiger partial charge in [-0.1, -0.05) is 20.8 Å². The van der Waals surface area contributed by atoms with Crippen molar-refractivity contribution < 1.29 is 18.7 Å². The van der Waals surface area contributed by atoms with Crippen molar-refractivity contribution in [2.75, 3.05) is 23.9 Å². The minimum atomic E-state index is -0.419. The van der Waals surface area contributed by atoms with E-state index in [4.69, 9.17) is 9.15 Å². The number of carbonyl (C=O) groups is 2. The Bertz CT molecular complexity index is 1100. The van der Waals surface area contributed by atoms with Crippen LogP contribution in [0.3, 0.4) is 0 Å². The number of ether oxygens (including phenoxy) is 1. The van der Waals surface area contributed by atoms with Gasteiger partial charge in [-0.3, -0.25) is 9.59 Å². The van der Waals surface area contributed by atoms with Crippen LogP contribution in [0, 0.1) is 5.92 Å². The van der Waals surface area contributed by atoms with Crippen LogP contribution in [0.15, 0.2) is 46.9 Å². The monoisotopic (exact) mass is 407 g/mol. The van der Waals surface area contributed by atoms with E-state index < -0.39 is 5.92 Å². The van der Waals surface area contributed by atoms with Gasteiger partial charge in [-0.25, -0.2) is 4.98 Å². The highest BCUT2D eigenvalue weighted by Gasteiger charge is 2.35. The molecule has 7 heteroatoms. The van der Waals surface area contributed by atoms with Crippen molar-refractivity contribution in [2.45, 2.75) is 32.6 Å². The maximum Gasteiger partial charge on any atom is 0.229 e. The molecular formula is C23H25N3O4. The molecule has 4 rings (SSSR count). The number of methoxy groups -OCH3 is 1. The van der Waals surface area contributed by atoms with E-state index >= 15 is 0 Å². The molecule has 2 amide bonds. The molecular weight excluding hydrogens is 382 g/mol. The van der Waals surface area contributed by atoms with Crippen molar-refractivity contribution in [3.8, 4) is 5.75 Å². The number of oxazole rings is 1. The zero-order valence-electron chi connectivity index (χ0n) is 17.6. The molecule has 7 nitrogen and oxygen atoms in total. The first-order chi connectivity index (χ1) is 14.2. The molecule has 1 aromatic heterocycles. The molecule has 0 spiro atoms. The summed E-state index contributed by atoms with van der Waals surface area (Å²) in [5.41, 5.74) is 2.57. The SMILES string of the molecule is COc1ccc(N2CC(C(=O)Nc3ccc4oc(C(C)(C)C)nc4c3)CC2=O)cc1. The predicted octanol–water partition coefficient (Wildman–Crippen LogP) is 4.13. The molecule has 1 aliphatic rings. The van der Waals surface area contributed by atoms with Gasteiger partial charge in [-0.05, 0) is 42.5 Å². The van der Waals surface area contributed by atoms with Gasteiger partial charge in [0.05, 0.1) is 13.0 Å². The van der Waals surface area contributed by atoms with Gasteiger partial charge in [0.25, 0.3) is 0 Å². The standard InChI is InChI=1S/C23H25N3O4/c1-23(2,3)22-25-18-12-15(5-10-19(18)30-22)24-21(28)14-11-20(27)26(13-14)16-6-8-17(29-4)9-7-16/h5-10,12,14H,11,13H2,1-4H3,(H,24,28). The number of nitrogens with zero attached hydrogens (tertiary/aromatic N) is 2. The van der Waals surface area contributed by atoms with Crippen LogP contribution in [0.2, 0.25) is 0 Å². The summed E-state index contributed by atoms with van der Waals surface area (Å²) in [5.74, 6) is 0.702.